The standard InChI is InChI=1S/C12H5Br6N/c13-7-1-5(2-8(14)11(7)17)19-6-3-9(15)12(18)10(16)4-6/h1-4,19H. The lowest BCUT2D eigenvalue weighted by Crippen LogP contribution is -1.92. The molecule has 0 aromatic heterocycles. The summed E-state index contributed by atoms with van der Waals surface area (Å²) in [6, 6.07) is 8.05. The second kappa shape index (κ2) is 6.92. The molecule has 1 nitrogen and oxygen atoms in total. The Balaban J connectivity index is 2.36. The normalized spacial score (nSPS) is 10.6. The molecule has 2 rings (SSSR count). The van der Waals surface area contributed by atoms with Crippen LogP contribution in [0.15, 0.2) is 51.1 Å². The lowest BCUT2D eigenvalue weighted by atomic mass is 10.3. The van der Waals surface area contributed by atoms with Gasteiger partial charge in [-0.05, 0) is 120 Å². The second-order valence-electron chi connectivity index (χ2n) is 3.63. The van der Waals surface area contributed by atoms with Crippen molar-refractivity contribution in [2.75, 3.05) is 5.32 Å². The van der Waals surface area contributed by atoms with Crippen LogP contribution in [0.2, 0.25) is 0 Å². The Morgan fingerprint density at radius 3 is 1.05 bits per heavy atom. The van der Waals surface area contributed by atoms with Crippen LogP contribution in [0.25, 0.3) is 0 Å². The third-order valence-electron chi connectivity index (χ3n) is 2.26. The van der Waals surface area contributed by atoms with Gasteiger partial charge in [0.05, 0.1) is 0 Å². The number of benzene rings is 2. The van der Waals surface area contributed by atoms with Gasteiger partial charge in [0.15, 0.2) is 0 Å². The summed E-state index contributed by atoms with van der Waals surface area (Å²) in [6.07, 6.45) is 0. The Labute approximate surface area is 161 Å². The summed E-state index contributed by atoms with van der Waals surface area (Å²) in [5.74, 6) is 0. The molecule has 0 aliphatic heterocycles. The zero-order valence-electron chi connectivity index (χ0n) is 9.08. The van der Waals surface area contributed by atoms with Gasteiger partial charge in [0.1, 0.15) is 0 Å². The molecule has 0 saturated heterocycles. The molecule has 0 aliphatic rings. The van der Waals surface area contributed by atoms with E-state index in [9.17, 15) is 0 Å². The van der Waals surface area contributed by atoms with Crippen LogP contribution >= 0.6 is 95.6 Å². The molecule has 2 aromatic rings. The van der Waals surface area contributed by atoms with Gasteiger partial charge in [-0.1, -0.05) is 0 Å². The summed E-state index contributed by atoms with van der Waals surface area (Å²) in [5, 5.41) is 3.36. The molecular formula is C12H5Br6N. The average Bonchev–Trinajstić information content (AvgIpc) is 2.33. The SMILES string of the molecule is Brc1cc(Nc2cc(Br)c(Br)c(Br)c2)cc(Br)c1Br. The van der Waals surface area contributed by atoms with Gasteiger partial charge in [0, 0.05) is 38.2 Å². The molecule has 0 amide bonds. The number of anilines is 2. The van der Waals surface area contributed by atoms with Crippen molar-refractivity contribution in [3.05, 3.63) is 51.1 Å². The van der Waals surface area contributed by atoms with E-state index in [4.69, 9.17) is 0 Å². The van der Waals surface area contributed by atoms with Gasteiger partial charge in [-0.15, -0.1) is 0 Å². The van der Waals surface area contributed by atoms with Crippen LogP contribution < -0.4 is 5.32 Å². The molecule has 7 heteroatoms. The molecule has 0 bridgehead atoms. The predicted molar refractivity (Wildman–Crippen MR) is 102 cm³/mol. The van der Waals surface area contributed by atoms with Crippen LogP contribution in [-0.2, 0) is 0 Å². The number of hydrogen-bond donors (Lipinski definition) is 1. The van der Waals surface area contributed by atoms with E-state index < -0.39 is 0 Å². The van der Waals surface area contributed by atoms with E-state index in [2.05, 4.69) is 101 Å². The zero-order chi connectivity index (χ0) is 14.2. The molecule has 0 unspecified atom stereocenters. The summed E-state index contributed by atoms with van der Waals surface area (Å²) >= 11 is 21.0. The van der Waals surface area contributed by atoms with E-state index in [1.54, 1.807) is 0 Å². The van der Waals surface area contributed by atoms with Crippen LogP contribution in [-0.4, -0.2) is 0 Å². The fourth-order valence-electron chi connectivity index (χ4n) is 1.42. The molecule has 2 aromatic carbocycles. The minimum absolute atomic E-state index is 0.986. The monoisotopic (exact) mass is 637 g/mol. The minimum Gasteiger partial charge on any atom is -0.355 e. The van der Waals surface area contributed by atoms with Crippen molar-refractivity contribution in [1.29, 1.82) is 0 Å². The molecule has 0 radical (unpaired) electrons. The van der Waals surface area contributed by atoms with Crippen molar-refractivity contribution < 1.29 is 0 Å². The summed E-state index contributed by atoms with van der Waals surface area (Å²) in [6.45, 7) is 0. The van der Waals surface area contributed by atoms with Crippen LogP contribution in [0.5, 0.6) is 0 Å². The first-order chi connectivity index (χ1) is 8.88. The number of hydrogen-bond acceptors (Lipinski definition) is 1. The quantitative estimate of drug-likeness (QED) is 0.328. The Morgan fingerprint density at radius 2 is 0.789 bits per heavy atom. The Hall–Kier alpha value is 1.12. The highest BCUT2D eigenvalue weighted by Crippen LogP contribution is 2.37. The van der Waals surface area contributed by atoms with E-state index in [1.165, 1.54) is 0 Å². The van der Waals surface area contributed by atoms with E-state index in [-0.39, 0.29) is 0 Å². The van der Waals surface area contributed by atoms with Crippen molar-refractivity contribution in [2.24, 2.45) is 0 Å². The van der Waals surface area contributed by atoms with Crippen LogP contribution in [0, 0.1) is 0 Å². The van der Waals surface area contributed by atoms with E-state index in [0.29, 0.717) is 0 Å². The van der Waals surface area contributed by atoms with Gasteiger partial charge in [-0.3, -0.25) is 0 Å². The molecule has 19 heavy (non-hydrogen) atoms. The highest BCUT2D eigenvalue weighted by Gasteiger charge is 2.08. The van der Waals surface area contributed by atoms with Gasteiger partial charge in [0.25, 0.3) is 0 Å². The molecule has 0 saturated carbocycles. The summed E-state index contributed by atoms with van der Waals surface area (Å²) < 4.78 is 5.94. The van der Waals surface area contributed by atoms with Crippen molar-refractivity contribution in [3.8, 4) is 0 Å². The summed E-state index contributed by atoms with van der Waals surface area (Å²) in [5.41, 5.74) is 1.98. The third kappa shape index (κ3) is 4.07. The fourth-order valence-corrected chi connectivity index (χ4v) is 4.25. The Kier molecular flexibility index (Phi) is 6.01. The Bertz CT molecular complexity index is 539. The predicted octanol–water partition coefficient (Wildman–Crippen LogP) is 8.01. The fraction of sp³-hybridized carbons (Fsp3) is 0. The maximum absolute atomic E-state index is 3.51. The van der Waals surface area contributed by atoms with E-state index in [0.717, 1.165) is 38.2 Å². The first kappa shape index (κ1) is 16.5. The van der Waals surface area contributed by atoms with Crippen molar-refractivity contribution >= 4 is 107 Å². The lowest BCUT2D eigenvalue weighted by Gasteiger charge is -2.11. The lowest BCUT2D eigenvalue weighted by molar-refractivity contribution is 1.46. The molecule has 1 N–H and O–H groups in total. The Morgan fingerprint density at radius 1 is 0.526 bits per heavy atom. The van der Waals surface area contributed by atoms with Gasteiger partial charge in [-0.2, -0.15) is 0 Å². The topological polar surface area (TPSA) is 12.0 Å². The van der Waals surface area contributed by atoms with Gasteiger partial charge < -0.3 is 5.32 Å². The summed E-state index contributed by atoms with van der Waals surface area (Å²) in [7, 11) is 0. The largest absolute Gasteiger partial charge is 0.355 e. The van der Waals surface area contributed by atoms with Crippen molar-refractivity contribution in [3.63, 3.8) is 0 Å². The van der Waals surface area contributed by atoms with Gasteiger partial charge in [-0.25, -0.2) is 0 Å². The number of halogens is 6. The highest BCUT2D eigenvalue weighted by atomic mass is 79.9. The molecule has 100 valence electrons. The maximum atomic E-state index is 3.51. The highest BCUT2D eigenvalue weighted by molar-refractivity contribution is 9.15. The average molecular weight is 643 g/mol. The molecule has 0 spiro atoms. The van der Waals surface area contributed by atoms with Crippen LogP contribution in [0.3, 0.4) is 0 Å². The molecule has 0 aliphatic carbocycles. The molecular weight excluding hydrogens is 638 g/mol. The third-order valence-corrected chi connectivity index (χ3v) is 8.59. The second-order valence-corrected chi connectivity index (χ2v) is 8.64. The van der Waals surface area contributed by atoms with Crippen LogP contribution in [0.1, 0.15) is 0 Å². The maximum Gasteiger partial charge on any atom is 0.0461 e. The van der Waals surface area contributed by atoms with Crippen LogP contribution in [0.4, 0.5) is 11.4 Å². The van der Waals surface area contributed by atoms with Gasteiger partial charge >= 0.3 is 0 Å². The minimum atomic E-state index is 0.986. The number of nitrogens with one attached hydrogen (secondary N) is 1. The first-order valence-electron chi connectivity index (χ1n) is 4.94. The number of rotatable bonds is 2. The van der Waals surface area contributed by atoms with Crippen molar-refractivity contribution in [1.82, 2.24) is 0 Å². The van der Waals surface area contributed by atoms with Gasteiger partial charge in [0.2, 0.25) is 0 Å². The molecule has 0 atom stereocenters. The summed E-state index contributed by atoms with van der Waals surface area (Å²) in [4.78, 5) is 0. The zero-order valence-corrected chi connectivity index (χ0v) is 18.6. The first-order valence-corrected chi connectivity index (χ1v) is 9.70. The van der Waals surface area contributed by atoms with E-state index >= 15 is 0 Å². The van der Waals surface area contributed by atoms with Crippen molar-refractivity contribution in [2.45, 2.75) is 0 Å². The smallest absolute Gasteiger partial charge is 0.0461 e. The van der Waals surface area contributed by atoms with E-state index in [1.807, 2.05) is 24.3 Å². The molecule has 0 fully saturated rings. The molecule has 0 heterocycles.